The van der Waals surface area contributed by atoms with Gasteiger partial charge < -0.3 is 0 Å². The fourth-order valence-electron chi connectivity index (χ4n) is 1.74. The first-order valence-electron chi connectivity index (χ1n) is 6.52. The maximum absolute atomic E-state index is 14.2. The molecule has 0 unspecified atom stereocenters. The summed E-state index contributed by atoms with van der Waals surface area (Å²) in [6, 6.07) is 7.25. The zero-order valence-electron chi connectivity index (χ0n) is 11.7. The van der Waals surface area contributed by atoms with E-state index in [9.17, 15) is 9.28 Å². The molecule has 0 aliphatic rings. The van der Waals surface area contributed by atoms with Crippen molar-refractivity contribution in [1.29, 1.82) is 0 Å². The largest absolute Gasteiger partial charge is 0.282 e. The van der Waals surface area contributed by atoms with Crippen LogP contribution >= 0.6 is 0 Å². The number of amides is 1. The number of halogens is 1. The summed E-state index contributed by atoms with van der Waals surface area (Å²) < 4.78 is 14.2. The molecule has 2 nitrogen and oxygen atoms in total. The lowest BCUT2D eigenvalue weighted by molar-refractivity contribution is -0.0408. The van der Waals surface area contributed by atoms with E-state index in [2.05, 4.69) is 0 Å². The third kappa shape index (κ3) is 3.09. The fourth-order valence-corrected chi connectivity index (χ4v) is 1.74. The van der Waals surface area contributed by atoms with Crippen LogP contribution in [0.2, 0.25) is 0 Å². The molecule has 0 spiro atoms. The molecular formula is C15H22FNO. The van der Waals surface area contributed by atoms with Crippen molar-refractivity contribution < 1.29 is 9.28 Å². The molecule has 0 aliphatic heterocycles. The van der Waals surface area contributed by atoms with Gasteiger partial charge in [-0.3, -0.25) is 4.79 Å². The van der Waals surface area contributed by atoms with Crippen molar-refractivity contribution in [3.05, 3.63) is 35.4 Å². The van der Waals surface area contributed by atoms with E-state index in [0.717, 1.165) is 18.4 Å². The summed E-state index contributed by atoms with van der Waals surface area (Å²) in [7, 11) is 0. The van der Waals surface area contributed by atoms with Crippen LogP contribution in [0.3, 0.4) is 0 Å². The summed E-state index contributed by atoms with van der Waals surface area (Å²) >= 11 is 0. The first kappa shape index (κ1) is 14.7. The van der Waals surface area contributed by atoms with Crippen molar-refractivity contribution in [2.75, 3.05) is 0 Å². The van der Waals surface area contributed by atoms with Crippen molar-refractivity contribution in [2.45, 2.75) is 52.5 Å². The lowest BCUT2D eigenvalue weighted by Gasteiger charge is -2.30. The second-order valence-corrected chi connectivity index (χ2v) is 5.16. The first-order valence-corrected chi connectivity index (χ1v) is 6.52. The SMILES string of the molecule is CCCc1ccccc1C(=O)N(F)C(C)(C)CC. The summed E-state index contributed by atoms with van der Waals surface area (Å²) in [5, 5.41) is 0.363. The minimum atomic E-state index is -0.767. The summed E-state index contributed by atoms with van der Waals surface area (Å²) in [6.07, 6.45) is 2.31. The molecular weight excluding hydrogens is 229 g/mol. The summed E-state index contributed by atoms with van der Waals surface area (Å²) in [5.41, 5.74) is 0.624. The maximum Gasteiger partial charge on any atom is 0.282 e. The lowest BCUT2D eigenvalue weighted by Crippen LogP contribution is -2.41. The Morgan fingerprint density at radius 2 is 1.89 bits per heavy atom. The molecule has 1 aromatic rings. The number of benzene rings is 1. The second-order valence-electron chi connectivity index (χ2n) is 5.16. The molecule has 0 radical (unpaired) electrons. The van der Waals surface area contributed by atoms with Gasteiger partial charge in [0.25, 0.3) is 5.91 Å². The van der Waals surface area contributed by atoms with Crippen LogP contribution in [0.4, 0.5) is 4.48 Å². The smallest absolute Gasteiger partial charge is 0.266 e. The molecule has 18 heavy (non-hydrogen) atoms. The van der Waals surface area contributed by atoms with Gasteiger partial charge in [-0.2, -0.15) is 5.12 Å². The van der Waals surface area contributed by atoms with Gasteiger partial charge in [0, 0.05) is 5.56 Å². The molecule has 3 heteroatoms. The van der Waals surface area contributed by atoms with Gasteiger partial charge >= 0.3 is 0 Å². The standard InChI is InChI=1S/C15H22FNO/c1-5-9-12-10-7-8-11-13(12)14(18)17(16)15(3,4)6-2/h7-8,10-11H,5-6,9H2,1-4H3. The van der Waals surface area contributed by atoms with E-state index in [1.807, 2.05) is 26.0 Å². The Morgan fingerprint density at radius 1 is 1.28 bits per heavy atom. The average molecular weight is 251 g/mol. The van der Waals surface area contributed by atoms with E-state index in [4.69, 9.17) is 0 Å². The van der Waals surface area contributed by atoms with Crippen LogP contribution in [0.1, 0.15) is 56.5 Å². The molecule has 0 saturated heterocycles. The number of aryl methyl sites for hydroxylation is 1. The van der Waals surface area contributed by atoms with Crippen molar-refractivity contribution >= 4 is 5.91 Å². The van der Waals surface area contributed by atoms with E-state index >= 15 is 0 Å². The van der Waals surface area contributed by atoms with Crippen LogP contribution in [0.15, 0.2) is 24.3 Å². The normalized spacial score (nSPS) is 11.4. The average Bonchev–Trinajstić information content (AvgIpc) is 2.38. The predicted octanol–water partition coefficient (Wildman–Crippen LogP) is 4.15. The van der Waals surface area contributed by atoms with E-state index in [-0.39, 0.29) is 0 Å². The van der Waals surface area contributed by atoms with E-state index in [1.54, 1.807) is 26.0 Å². The number of carbonyl (C=O) groups is 1. The van der Waals surface area contributed by atoms with E-state index < -0.39 is 11.4 Å². The molecule has 0 fully saturated rings. The lowest BCUT2D eigenvalue weighted by atomic mass is 9.98. The molecule has 100 valence electrons. The third-order valence-corrected chi connectivity index (χ3v) is 3.34. The predicted molar refractivity (Wildman–Crippen MR) is 72.1 cm³/mol. The fraction of sp³-hybridized carbons (Fsp3) is 0.533. The number of hydrogen-bond donors (Lipinski definition) is 0. The monoisotopic (exact) mass is 251 g/mol. The molecule has 0 atom stereocenters. The Hall–Kier alpha value is -1.38. The van der Waals surface area contributed by atoms with Gasteiger partial charge in [0.2, 0.25) is 0 Å². The van der Waals surface area contributed by atoms with Crippen LogP contribution < -0.4 is 0 Å². The van der Waals surface area contributed by atoms with E-state index in [0.29, 0.717) is 17.1 Å². The maximum atomic E-state index is 14.2. The van der Waals surface area contributed by atoms with Crippen LogP contribution in [0.25, 0.3) is 0 Å². The van der Waals surface area contributed by atoms with Crippen LogP contribution in [0, 0.1) is 0 Å². The molecule has 0 N–H and O–H groups in total. The van der Waals surface area contributed by atoms with Gasteiger partial charge in [-0.25, -0.2) is 0 Å². The van der Waals surface area contributed by atoms with Crippen LogP contribution in [0.5, 0.6) is 0 Å². The third-order valence-electron chi connectivity index (χ3n) is 3.34. The molecule has 1 amide bonds. The van der Waals surface area contributed by atoms with Gasteiger partial charge in [0.05, 0.1) is 5.54 Å². The van der Waals surface area contributed by atoms with E-state index in [1.165, 1.54) is 0 Å². The Kier molecular flexibility index (Phi) is 4.88. The summed E-state index contributed by atoms with van der Waals surface area (Å²) in [4.78, 5) is 12.2. The van der Waals surface area contributed by atoms with Gasteiger partial charge in [-0.1, -0.05) is 42.9 Å². The molecule has 0 heterocycles. The molecule has 1 rings (SSSR count). The topological polar surface area (TPSA) is 20.3 Å². The number of carbonyl (C=O) groups excluding carboxylic acids is 1. The number of nitrogens with zero attached hydrogens (tertiary/aromatic N) is 1. The minimum absolute atomic E-state index is 0.363. The Morgan fingerprint density at radius 3 is 2.44 bits per heavy atom. The van der Waals surface area contributed by atoms with Crippen molar-refractivity contribution in [1.82, 2.24) is 5.12 Å². The first-order chi connectivity index (χ1) is 8.44. The summed E-state index contributed by atoms with van der Waals surface area (Å²) in [5.74, 6) is -0.536. The minimum Gasteiger partial charge on any atom is -0.266 e. The van der Waals surface area contributed by atoms with Crippen LogP contribution in [-0.2, 0) is 6.42 Å². The second kappa shape index (κ2) is 5.98. The highest BCUT2D eigenvalue weighted by Crippen LogP contribution is 2.23. The van der Waals surface area contributed by atoms with Gasteiger partial charge in [0.1, 0.15) is 0 Å². The molecule has 0 bridgehead atoms. The van der Waals surface area contributed by atoms with Gasteiger partial charge in [-0.05, 0) is 38.3 Å². The van der Waals surface area contributed by atoms with Gasteiger partial charge in [0.15, 0.2) is 0 Å². The molecule has 0 aromatic heterocycles. The highest BCUT2D eigenvalue weighted by atomic mass is 19.2. The highest BCUT2D eigenvalue weighted by Gasteiger charge is 2.31. The van der Waals surface area contributed by atoms with Crippen LogP contribution in [-0.4, -0.2) is 16.6 Å². The number of hydrogen-bond acceptors (Lipinski definition) is 1. The quantitative estimate of drug-likeness (QED) is 0.720. The van der Waals surface area contributed by atoms with Crippen molar-refractivity contribution in [2.24, 2.45) is 0 Å². The zero-order chi connectivity index (χ0) is 13.8. The zero-order valence-corrected chi connectivity index (χ0v) is 11.7. The Labute approximate surface area is 109 Å². The van der Waals surface area contributed by atoms with Crippen molar-refractivity contribution in [3.63, 3.8) is 0 Å². The van der Waals surface area contributed by atoms with Gasteiger partial charge in [-0.15, -0.1) is 0 Å². The Balaban J connectivity index is 3.04. The van der Waals surface area contributed by atoms with Crippen molar-refractivity contribution in [3.8, 4) is 0 Å². The number of rotatable bonds is 5. The highest BCUT2D eigenvalue weighted by molar-refractivity contribution is 5.95. The molecule has 0 saturated carbocycles. The summed E-state index contributed by atoms with van der Waals surface area (Å²) in [6.45, 7) is 7.38. The molecule has 0 aliphatic carbocycles. The Bertz CT molecular complexity index is 415. The molecule has 1 aromatic carbocycles.